The van der Waals surface area contributed by atoms with Gasteiger partial charge in [0.05, 0.1) is 13.1 Å². The molecule has 0 saturated carbocycles. The fourth-order valence-corrected chi connectivity index (χ4v) is 2.19. The van der Waals surface area contributed by atoms with E-state index >= 15 is 0 Å². The van der Waals surface area contributed by atoms with Crippen molar-refractivity contribution in [2.75, 3.05) is 27.2 Å². The number of rotatable bonds is 6. The summed E-state index contributed by atoms with van der Waals surface area (Å²) in [5.41, 5.74) is 1.23. The molecule has 0 fully saturated rings. The van der Waals surface area contributed by atoms with E-state index in [1.807, 2.05) is 54.8 Å². The molecule has 0 atom stereocenters. The Kier molecular flexibility index (Phi) is 8.67. The van der Waals surface area contributed by atoms with Gasteiger partial charge >= 0.3 is 0 Å². The smallest absolute Gasteiger partial charge is 0.193 e. The Morgan fingerprint density at radius 3 is 2.48 bits per heavy atom. The number of guanidine groups is 1. The molecular weight excluding hydrogens is 431 g/mol. The van der Waals surface area contributed by atoms with E-state index in [0.29, 0.717) is 13.2 Å². The van der Waals surface area contributed by atoms with E-state index in [1.165, 1.54) is 5.56 Å². The standard InChI is InChI=1S/C17H26N6O.HI/c1-13-6-8-15(9-7-13)24-11-10-22(4)17(18-3)19-12-16-21-20-14(2)23(16)5;/h6-9H,10-12H2,1-5H3,(H,18,19);1H. The topological polar surface area (TPSA) is 67.6 Å². The van der Waals surface area contributed by atoms with Crippen LogP contribution < -0.4 is 10.1 Å². The van der Waals surface area contributed by atoms with Gasteiger partial charge < -0.3 is 19.5 Å². The van der Waals surface area contributed by atoms with Gasteiger partial charge in [0.25, 0.3) is 0 Å². The summed E-state index contributed by atoms with van der Waals surface area (Å²) in [4.78, 5) is 6.32. The number of hydrogen-bond donors (Lipinski definition) is 1. The van der Waals surface area contributed by atoms with Crippen molar-refractivity contribution in [3.05, 3.63) is 41.5 Å². The molecule has 2 aromatic rings. The Morgan fingerprint density at radius 1 is 1.24 bits per heavy atom. The van der Waals surface area contributed by atoms with E-state index in [1.54, 1.807) is 7.05 Å². The highest BCUT2D eigenvalue weighted by molar-refractivity contribution is 14.0. The molecule has 0 aliphatic carbocycles. The summed E-state index contributed by atoms with van der Waals surface area (Å²) in [6.07, 6.45) is 0. The molecule has 1 aromatic carbocycles. The average molecular weight is 458 g/mol. The van der Waals surface area contributed by atoms with Gasteiger partial charge in [0.15, 0.2) is 11.8 Å². The molecule has 1 heterocycles. The van der Waals surface area contributed by atoms with E-state index in [4.69, 9.17) is 4.74 Å². The highest BCUT2D eigenvalue weighted by Crippen LogP contribution is 2.11. The summed E-state index contributed by atoms with van der Waals surface area (Å²) < 4.78 is 7.72. The molecule has 0 unspecified atom stereocenters. The van der Waals surface area contributed by atoms with Crippen molar-refractivity contribution < 1.29 is 4.74 Å². The van der Waals surface area contributed by atoms with Gasteiger partial charge in [-0.2, -0.15) is 0 Å². The molecule has 0 radical (unpaired) electrons. The third-order valence-electron chi connectivity index (χ3n) is 3.88. The molecule has 8 heteroatoms. The maximum atomic E-state index is 5.76. The van der Waals surface area contributed by atoms with Crippen molar-refractivity contribution >= 4 is 29.9 Å². The maximum absolute atomic E-state index is 5.76. The second kappa shape index (κ2) is 10.2. The SMILES string of the molecule is CN=C(NCc1nnc(C)n1C)N(C)CCOc1ccc(C)cc1.I. The van der Waals surface area contributed by atoms with Crippen molar-refractivity contribution in [2.24, 2.45) is 12.0 Å². The van der Waals surface area contributed by atoms with Gasteiger partial charge in [0.2, 0.25) is 0 Å². The molecule has 0 aliphatic rings. The number of aryl methyl sites for hydroxylation is 2. The Hall–Kier alpha value is -1.84. The molecule has 1 N–H and O–H groups in total. The van der Waals surface area contributed by atoms with Crippen LogP contribution in [0.4, 0.5) is 0 Å². The van der Waals surface area contributed by atoms with E-state index in [2.05, 4.69) is 27.4 Å². The Bertz CT molecular complexity index is 683. The van der Waals surface area contributed by atoms with Crippen LogP contribution in [0.1, 0.15) is 17.2 Å². The minimum atomic E-state index is 0. The molecule has 138 valence electrons. The van der Waals surface area contributed by atoms with Crippen molar-refractivity contribution in [3.63, 3.8) is 0 Å². The van der Waals surface area contributed by atoms with Gasteiger partial charge in [-0.25, -0.2) is 0 Å². The first-order chi connectivity index (χ1) is 11.5. The first-order valence-electron chi connectivity index (χ1n) is 7.97. The monoisotopic (exact) mass is 458 g/mol. The predicted molar refractivity (Wildman–Crippen MR) is 111 cm³/mol. The van der Waals surface area contributed by atoms with Gasteiger partial charge in [-0.15, -0.1) is 34.2 Å². The number of hydrogen-bond acceptors (Lipinski definition) is 4. The van der Waals surface area contributed by atoms with Crippen molar-refractivity contribution in [3.8, 4) is 5.75 Å². The summed E-state index contributed by atoms with van der Waals surface area (Å²) in [7, 11) is 5.70. The zero-order chi connectivity index (χ0) is 17.5. The zero-order valence-corrected chi connectivity index (χ0v) is 17.8. The number of likely N-dealkylation sites (N-methyl/N-ethyl adjacent to an activating group) is 1. The third-order valence-corrected chi connectivity index (χ3v) is 3.88. The highest BCUT2D eigenvalue weighted by atomic mass is 127. The van der Waals surface area contributed by atoms with E-state index in [0.717, 1.165) is 29.9 Å². The molecule has 1 aromatic heterocycles. The van der Waals surface area contributed by atoms with E-state index in [9.17, 15) is 0 Å². The van der Waals surface area contributed by atoms with Crippen molar-refractivity contribution in [1.82, 2.24) is 25.0 Å². The molecule has 0 saturated heterocycles. The minimum absolute atomic E-state index is 0. The second-order valence-corrected chi connectivity index (χ2v) is 5.71. The first kappa shape index (κ1) is 21.2. The maximum Gasteiger partial charge on any atom is 0.193 e. The van der Waals surface area contributed by atoms with Crippen molar-refractivity contribution in [2.45, 2.75) is 20.4 Å². The number of aromatic nitrogens is 3. The Labute approximate surface area is 166 Å². The largest absolute Gasteiger partial charge is 0.492 e. The number of halogens is 1. The van der Waals surface area contributed by atoms with Crippen LogP contribution in [0.5, 0.6) is 5.75 Å². The number of ether oxygens (including phenoxy) is 1. The van der Waals surface area contributed by atoms with Gasteiger partial charge in [-0.1, -0.05) is 17.7 Å². The number of aliphatic imine (C=N–C) groups is 1. The molecule has 0 aliphatic heterocycles. The lowest BCUT2D eigenvalue weighted by molar-refractivity contribution is 0.281. The van der Waals surface area contributed by atoms with Crippen LogP contribution in [-0.2, 0) is 13.6 Å². The molecule has 7 nitrogen and oxygen atoms in total. The lowest BCUT2D eigenvalue weighted by Gasteiger charge is -2.22. The lowest BCUT2D eigenvalue weighted by atomic mass is 10.2. The molecule has 0 spiro atoms. The number of nitrogens with zero attached hydrogens (tertiary/aromatic N) is 5. The predicted octanol–water partition coefficient (Wildman–Crippen LogP) is 2.14. The van der Waals surface area contributed by atoms with Gasteiger partial charge in [-0.3, -0.25) is 4.99 Å². The Morgan fingerprint density at radius 2 is 1.92 bits per heavy atom. The minimum Gasteiger partial charge on any atom is -0.492 e. The number of nitrogens with one attached hydrogen (secondary N) is 1. The fourth-order valence-electron chi connectivity index (χ4n) is 2.19. The van der Waals surface area contributed by atoms with Crippen LogP contribution in [0.15, 0.2) is 29.3 Å². The van der Waals surface area contributed by atoms with Crippen LogP contribution in [0.3, 0.4) is 0 Å². The molecular formula is C17H27IN6O. The summed E-state index contributed by atoms with van der Waals surface area (Å²) in [6.45, 7) is 5.88. The average Bonchev–Trinajstić information content (AvgIpc) is 2.89. The van der Waals surface area contributed by atoms with Gasteiger partial charge in [0.1, 0.15) is 18.2 Å². The van der Waals surface area contributed by atoms with Crippen LogP contribution >= 0.6 is 24.0 Å². The number of benzene rings is 1. The fraction of sp³-hybridized carbons (Fsp3) is 0.471. The van der Waals surface area contributed by atoms with Crippen LogP contribution in [0.25, 0.3) is 0 Å². The zero-order valence-electron chi connectivity index (χ0n) is 15.5. The molecule has 0 amide bonds. The lowest BCUT2D eigenvalue weighted by Crippen LogP contribution is -2.40. The normalized spacial score (nSPS) is 11.0. The van der Waals surface area contributed by atoms with Crippen LogP contribution in [-0.4, -0.2) is 52.9 Å². The third kappa shape index (κ3) is 6.18. The molecule has 2 rings (SSSR count). The first-order valence-corrected chi connectivity index (χ1v) is 7.97. The van der Waals surface area contributed by atoms with Gasteiger partial charge in [0, 0.05) is 21.1 Å². The summed E-state index contributed by atoms with van der Waals surface area (Å²) in [6, 6.07) is 8.06. The molecule has 25 heavy (non-hydrogen) atoms. The second-order valence-electron chi connectivity index (χ2n) is 5.71. The van der Waals surface area contributed by atoms with Crippen LogP contribution in [0.2, 0.25) is 0 Å². The quantitative estimate of drug-likeness (QED) is 0.408. The van der Waals surface area contributed by atoms with E-state index < -0.39 is 0 Å². The highest BCUT2D eigenvalue weighted by Gasteiger charge is 2.09. The molecule has 0 bridgehead atoms. The van der Waals surface area contributed by atoms with E-state index in [-0.39, 0.29) is 24.0 Å². The van der Waals surface area contributed by atoms with Gasteiger partial charge in [-0.05, 0) is 26.0 Å². The summed E-state index contributed by atoms with van der Waals surface area (Å²) >= 11 is 0. The Balaban J connectivity index is 0.00000312. The van der Waals surface area contributed by atoms with Crippen molar-refractivity contribution in [1.29, 1.82) is 0 Å². The van der Waals surface area contributed by atoms with Crippen LogP contribution in [0, 0.1) is 13.8 Å². The summed E-state index contributed by atoms with van der Waals surface area (Å²) in [5, 5.41) is 11.5. The summed E-state index contributed by atoms with van der Waals surface area (Å²) in [5.74, 6) is 3.44.